The summed E-state index contributed by atoms with van der Waals surface area (Å²) in [4.78, 5) is 23.9. The first-order valence-corrected chi connectivity index (χ1v) is 5.75. The summed E-state index contributed by atoms with van der Waals surface area (Å²) in [5.74, 6) is 0.137. The average molecular weight is 210 g/mol. The Morgan fingerprint density at radius 1 is 1.27 bits per heavy atom. The van der Waals surface area contributed by atoms with E-state index in [9.17, 15) is 9.59 Å². The highest BCUT2D eigenvalue weighted by Crippen LogP contribution is 2.56. The second-order valence-electron chi connectivity index (χ2n) is 4.91. The predicted octanol–water partition coefficient (Wildman–Crippen LogP) is 1.94. The molecule has 0 aliphatic heterocycles. The first kappa shape index (κ1) is 10.7. The molecule has 3 heteroatoms. The van der Waals surface area contributed by atoms with Gasteiger partial charge in [0.25, 0.3) is 0 Å². The number of ether oxygens (including phenoxy) is 1. The second-order valence-corrected chi connectivity index (χ2v) is 4.91. The highest BCUT2D eigenvalue weighted by Gasteiger charge is 2.64. The summed E-state index contributed by atoms with van der Waals surface area (Å²) in [7, 11) is 1.37. The van der Waals surface area contributed by atoms with Crippen molar-refractivity contribution < 1.29 is 14.3 Å². The maximum atomic E-state index is 12.2. The van der Waals surface area contributed by atoms with Crippen LogP contribution in [0.5, 0.6) is 0 Å². The quantitative estimate of drug-likeness (QED) is 0.528. The molecular formula is C12H18O3. The number of Topliss-reactive ketones (excluding diaryl/α,β-unsaturated/α-hetero) is 1. The molecule has 0 bridgehead atoms. The largest absolute Gasteiger partial charge is 0.468 e. The Hall–Kier alpha value is -0.860. The molecule has 0 spiro atoms. The molecule has 2 atom stereocenters. The van der Waals surface area contributed by atoms with Gasteiger partial charge in [0, 0.05) is 5.92 Å². The zero-order valence-electron chi connectivity index (χ0n) is 9.41. The van der Waals surface area contributed by atoms with Gasteiger partial charge in [-0.05, 0) is 25.2 Å². The highest BCUT2D eigenvalue weighted by molar-refractivity contribution is 6.08. The van der Waals surface area contributed by atoms with E-state index in [2.05, 4.69) is 0 Å². The zero-order chi connectivity index (χ0) is 11.1. The van der Waals surface area contributed by atoms with Gasteiger partial charge in [-0.25, -0.2) is 0 Å². The van der Waals surface area contributed by atoms with Gasteiger partial charge in [0.1, 0.15) is 5.41 Å². The smallest absolute Gasteiger partial charge is 0.319 e. The Kier molecular flexibility index (Phi) is 2.57. The van der Waals surface area contributed by atoms with Crippen molar-refractivity contribution in [1.82, 2.24) is 0 Å². The van der Waals surface area contributed by atoms with Crippen LogP contribution in [0.4, 0.5) is 0 Å². The highest BCUT2D eigenvalue weighted by atomic mass is 16.5. The minimum Gasteiger partial charge on any atom is -0.468 e. The molecule has 2 aliphatic rings. The molecule has 0 amide bonds. The summed E-state index contributed by atoms with van der Waals surface area (Å²) in [6, 6.07) is 0. The summed E-state index contributed by atoms with van der Waals surface area (Å²) < 4.78 is 4.77. The molecule has 2 saturated carbocycles. The van der Waals surface area contributed by atoms with E-state index in [-0.39, 0.29) is 23.6 Å². The monoisotopic (exact) mass is 210 g/mol. The lowest BCUT2D eigenvalue weighted by Gasteiger charge is -2.17. The molecule has 0 radical (unpaired) electrons. The van der Waals surface area contributed by atoms with Crippen LogP contribution in [0.2, 0.25) is 0 Å². The molecule has 0 aromatic carbocycles. The third kappa shape index (κ3) is 1.48. The molecular weight excluding hydrogens is 192 g/mol. The Balaban J connectivity index is 2.13. The van der Waals surface area contributed by atoms with Gasteiger partial charge >= 0.3 is 5.97 Å². The summed E-state index contributed by atoms with van der Waals surface area (Å²) >= 11 is 0. The average Bonchev–Trinajstić information content (AvgIpc) is 2.71. The number of esters is 1. The fourth-order valence-electron chi connectivity index (χ4n) is 2.89. The van der Waals surface area contributed by atoms with Gasteiger partial charge in [-0.1, -0.05) is 19.8 Å². The molecule has 2 aliphatic carbocycles. The molecule has 2 unspecified atom stereocenters. The van der Waals surface area contributed by atoms with E-state index >= 15 is 0 Å². The van der Waals surface area contributed by atoms with Gasteiger partial charge in [-0.3, -0.25) is 9.59 Å². The van der Waals surface area contributed by atoms with Gasteiger partial charge < -0.3 is 4.74 Å². The Labute approximate surface area is 90.2 Å². The van der Waals surface area contributed by atoms with Gasteiger partial charge in [0.15, 0.2) is 5.78 Å². The molecule has 3 nitrogen and oxygen atoms in total. The molecule has 0 saturated heterocycles. The molecule has 0 aromatic heterocycles. The number of rotatable bonds is 3. The van der Waals surface area contributed by atoms with E-state index in [1.807, 2.05) is 6.92 Å². The predicted molar refractivity (Wildman–Crippen MR) is 55.2 cm³/mol. The number of carbonyl (C=O) groups is 2. The van der Waals surface area contributed by atoms with Crippen LogP contribution in [-0.2, 0) is 14.3 Å². The van der Waals surface area contributed by atoms with E-state index in [0.29, 0.717) is 6.42 Å². The number of hydrogen-bond donors (Lipinski definition) is 0. The van der Waals surface area contributed by atoms with Crippen molar-refractivity contribution in [2.24, 2.45) is 17.3 Å². The van der Waals surface area contributed by atoms with Crippen molar-refractivity contribution in [3.05, 3.63) is 0 Å². The fraction of sp³-hybridized carbons (Fsp3) is 0.833. The first-order valence-electron chi connectivity index (χ1n) is 5.75. The van der Waals surface area contributed by atoms with E-state index in [0.717, 1.165) is 25.7 Å². The van der Waals surface area contributed by atoms with Crippen LogP contribution < -0.4 is 0 Å². The van der Waals surface area contributed by atoms with Gasteiger partial charge in [-0.15, -0.1) is 0 Å². The van der Waals surface area contributed by atoms with Crippen LogP contribution in [0, 0.1) is 17.3 Å². The topological polar surface area (TPSA) is 43.4 Å². The maximum Gasteiger partial charge on any atom is 0.319 e. The Morgan fingerprint density at radius 3 is 2.20 bits per heavy atom. The van der Waals surface area contributed by atoms with E-state index in [1.54, 1.807) is 0 Å². The molecule has 0 heterocycles. The van der Waals surface area contributed by atoms with E-state index < -0.39 is 5.41 Å². The van der Waals surface area contributed by atoms with Crippen molar-refractivity contribution >= 4 is 11.8 Å². The molecule has 0 N–H and O–H groups in total. The van der Waals surface area contributed by atoms with Crippen LogP contribution in [-0.4, -0.2) is 18.9 Å². The molecule has 15 heavy (non-hydrogen) atoms. The summed E-state index contributed by atoms with van der Waals surface area (Å²) in [5.41, 5.74) is -0.760. The number of carbonyl (C=O) groups excluding carboxylic acids is 2. The summed E-state index contributed by atoms with van der Waals surface area (Å²) in [5, 5.41) is 0. The third-order valence-corrected chi connectivity index (χ3v) is 4.02. The van der Waals surface area contributed by atoms with Crippen LogP contribution >= 0.6 is 0 Å². The summed E-state index contributed by atoms with van der Waals surface area (Å²) in [6.07, 6.45) is 4.87. The van der Waals surface area contributed by atoms with E-state index in [1.165, 1.54) is 7.11 Å². The van der Waals surface area contributed by atoms with Crippen LogP contribution in [0.1, 0.15) is 39.0 Å². The number of hydrogen-bond acceptors (Lipinski definition) is 3. The molecule has 2 fully saturated rings. The van der Waals surface area contributed by atoms with Gasteiger partial charge in [0.2, 0.25) is 0 Å². The van der Waals surface area contributed by atoms with Gasteiger partial charge in [-0.2, -0.15) is 0 Å². The lowest BCUT2D eigenvalue weighted by Crippen LogP contribution is -2.33. The van der Waals surface area contributed by atoms with Crippen LogP contribution in [0.15, 0.2) is 0 Å². The lowest BCUT2D eigenvalue weighted by atomic mass is 9.87. The Bertz CT molecular complexity index is 291. The Morgan fingerprint density at radius 2 is 1.80 bits per heavy atom. The minimum atomic E-state index is -0.760. The second kappa shape index (κ2) is 3.62. The molecule has 0 aromatic rings. The SMILES string of the molecule is COC(=O)C1(C(=O)C2CCCC2)CC1C. The normalized spacial score (nSPS) is 35.2. The maximum absolute atomic E-state index is 12.2. The number of ketones is 1. The molecule has 84 valence electrons. The van der Waals surface area contributed by atoms with Crippen molar-refractivity contribution in [3.63, 3.8) is 0 Å². The summed E-state index contributed by atoms with van der Waals surface area (Å²) in [6.45, 7) is 1.96. The number of methoxy groups -OCH3 is 1. The van der Waals surface area contributed by atoms with Crippen molar-refractivity contribution in [3.8, 4) is 0 Å². The molecule has 2 rings (SSSR count). The van der Waals surface area contributed by atoms with Crippen LogP contribution in [0.25, 0.3) is 0 Å². The van der Waals surface area contributed by atoms with E-state index in [4.69, 9.17) is 4.74 Å². The minimum absolute atomic E-state index is 0.119. The zero-order valence-corrected chi connectivity index (χ0v) is 9.41. The van der Waals surface area contributed by atoms with Crippen molar-refractivity contribution in [1.29, 1.82) is 0 Å². The first-order chi connectivity index (χ1) is 7.13. The van der Waals surface area contributed by atoms with Gasteiger partial charge in [0.05, 0.1) is 7.11 Å². The lowest BCUT2D eigenvalue weighted by molar-refractivity contribution is -0.153. The third-order valence-electron chi connectivity index (χ3n) is 4.02. The fourth-order valence-corrected chi connectivity index (χ4v) is 2.89. The van der Waals surface area contributed by atoms with Crippen molar-refractivity contribution in [2.45, 2.75) is 39.0 Å². The standard InChI is InChI=1S/C12H18O3/c1-8-7-12(8,11(14)15-2)10(13)9-5-3-4-6-9/h8-9H,3-7H2,1-2H3. The van der Waals surface area contributed by atoms with Crippen molar-refractivity contribution in [2.75, 3.05) is 7.11 Å². The van der Waals surface area contributed by atoms with Crippen LogP contribution in [0.3, 0.4) is 0 Å².